The van der Waals surface area contributed by atoms with Crippen molar-refractivity contribution in [3.63, 3.8) is 0 Å². The van der Waals surface area contributed by atoms with Gasteiger partial charge in [0.2, 0.25) is 0 Å². The van der Waals surface area contributed by atoms with Crippen molar-refractivity contribution in [1.29, 1.82) is 0 Å². The summed E-state index contributed by atoms with van der Waals surface area (Å²) < 4.78 is 0. The number of halogens is 3. The van der Waals surface area contributed by atoms with E-state index in [1.165, 1.54) is 12.3 Å². The fourth-order valence-corrected chi connectivity index (χ4v) is 1.70. The van der Waals surface area contributed by atoms with Crippen LogP contribution < -0.4 is 0 Å². The van der Waals surface area contributed by atoms with Crippen LogP contribution in [-0.2, 0) is 4.79 Å². The zero-order valence-corrected chi connectivity index (χ0v) is 12.4. The molecule has 0 aliphatic heterocycles. The van der Waals surface area contributed by atoms with Gasteiger partial charge in [-0.05, 0) is 35.4 Å². The fraction of sp³-hybridized carbons (Fsp3) is 0. The molecule has 0 unspecified atom stereocenters. The zero-order valence-electron chi connectivity index (χ0n) is 10.0. The first-order valence-electron chi connectivity index (χ1n) is 5.01. The van der Waals surface area contributed by atoms with Gasteiger partial charge in [0.15, 0.2) is 0 Å². The van der Waals surface area contributed by atoms with Gasteiger partial charge >= 0.3 is 5.97 Å². The van der Waals surface area contributed by atoms with E-state index in [0.29, 0.717) is 10.0 Å². The lowest BCUT2D eigenvalue weighted by Gasteiger charge is -2.04. The average Bonchev–Trinajstić information content (AvgIpc) is 2.44. The number of carbonyl (C=O) groups is 2. The molecule has 0 saturated carbocycles. The number of hydrogen-bond acceptors (Lipinski definition) is 3. The number of carboxylic acid groups (broad SMARTS) is 1. The molecule has 0 aliphatic rings. The lowest BCUT2D eigenvalue weighted by Crippen LogP contribution is -1.99. The van der Waals surface area contributed by atoms with Crippen molar-refractivity contribution in [2.24, 2.45) is 0 Å². The number of carbonyl (C=O) groups excluding carboxylic acids is 1. The minimum absolute atomic E-state index is 0. The van der Waals surface area contributed by atoms with Crippen LogP contribution in [0.4, 0.5) is 0 Å². The van der Waals surface area contributed by atoms with Crippen LogP contribution in [0.5, 0.6) is 0 Å². The third-order valence-electron chi connectivity index (χ3n) is 2.23. The second-order valence-corrected chi connectivity index (χ2v) is 4.18. The number of benzene rings is 1. The highest BCUT2D eigenvalue weighted by molar-refractivity contribution is 6.42. The van der Waals surface area contributed by atoms with Gasteiger partial charge in [0.1, 0.15) is 12.5 Å². The van der Waals surface area contributed by atoms with Crippen molar-refractivity contribution in [3.05, 3.63) is 52.3 Å². The van der Waals surface area contributed by atoms with Gasteiger partial charge < -0.3 is 9.90 Å². The van der Waals surface area contributed by atoms with E-state index in [4.69, 9.17) is 33.1 Å². The summed E-state index contributed by atoms with van der Waals surface area (Å²) in [5.74, 6) is -1.06. The Hall–Kier alpha value is -1.62. The quantitative estimate of drug-likeness (QED) is 0.901. The molecule has 0 aliphatic carbocycles. The molecule has 1 N–H and O–H groups in total. The standard InChI is InChI=1S/C12H7Cl2NO2.CH2O.ClH/c13-9-2-1-7(5-10(9)14)8-3-4-15-11(6-8)12(16)17;1-2;/h1-6H,(H,16,17);1H2;1H. The van der Waals surface area contributed by atoms with Crippen molar-refractivity contribution in [2.75, 3.05) is 0 Å². The molecule has 4 nitrogen and oxygen atoms in total. The first-order chi connectivity index (χ1) is 9.08. The predicted octanol–water partition coefficient (Wildman–Crippen LogP) is 3.99. The summed E-state index contributed by atoms with van der Waals surface area (Å²) in [6, 6.07) is 8.33. The van der Waals surface area contributed by atoms with Crippen molar-refractivity contribution in [1.82, 2.24) is 4.98 Å². The van der Waals surface area contributed by atoms with E-state index in [9.17, 15) is 4.79 Å². The topological polar surface area (TPSA) is 67.3 Å². The van der Waals surface area contributed by atoms with E-state index in [1.807, 2.05) is 6.79 Å². The fourth-order valence-electron chi connectivity index (χ4n) is 1.40. The lowest BCUT2D eigenvalue weighted by molar-refractivity contribution is -0.0980. The average molecular weight is 335 g/mol. The molecule has 0 amide bonds. The smallest absolute Gasteiger partial charge is 0.354 e. The molecule has 1 aromatic carbocycles. The van der Waals surface area contributed by atoms with E-state index >= 15 is 0 Å². The third-order valence-corrected chi connectivity index (χ3v) is 2.97. The maximum absolute atomic E-state index is 10.8. The molecule has 0 fully saturated rings. The molecule has 106 valence electrons. The second-order valence-electron chi connectivity index (χ2n) is 3.36. The Kier molecular flexibility index (Phi) is 7.84. The molecule has 0 radical (unpaired) electrons. The molecule has 0 spiro atoms. The molecule has 1 aromatic heterocycles. The molecule has 1 heterocycles. The number of hydrogen-bond donors (Lipinski definition) is 1. The summed E-state index contributed by atoms with van der Waals surface area (Å²) in [7, 11) is 0. The van der Waals surface area contributed by atoms with E-state index in [2.05, 4.69) is 4.98 Å². The molecule has 0 bridgehead atoms. The van der Waals surface area contributed by atoms with E-state index in [0.717, 1.165) is 11.1 Å². The minimum Gasteiger partial charge on any atom is -0.477 e. The van der Waals surface area contributed by atoms with Crippen LogP contribution in [0.25, 0.3) is 11.1 Å². The molecular formula is C13H10Cl3NO3. The van der Waals surface area contributed by atoms with Crippen LogP contribution in [0.1, 0.15) is 10.5 Å². The molecule has 20 heavy (non-hydrogen) atoms. The van der Waals surface area contributed by atoms with Crippen LogP contribution in [0, 0.1) is 0 Å². The summed E-state index contributed by atoms with van der Waals surface area (Å²) in [5, 5.41) is 9.73. The van der Waals surface area contributed by atoms with E-state index < -0.39 is 5.97 Å². The Balaban J connectivity index is 0.00000115. The largest absolute Gasteiger partial charge is 0.477 e. The number of nitrogens with zero attached hydrogens (tertiary/aromatic N) is 1. The lowest BCUT2D eigenvalue weighted by atomic mass is 10.1. The van der Waals surface area contributed by atoms with Crippen LogP contribution in [0.3, 0.4) is 0 Å². The van der Waals surface area contributed by atoms with Gasteiger partial charge in [0.25, 0.3) is 0 Å². The molecular weight excluding hydrogens is 325 g/mol. The molecule has 0 atom stereocenters. The Bertz CT molecular complexity index is 605. The van der Waals surface area contributed by atoms with Gasteiger partial charge in [-0.25, -0.2) is 9.78 Å². The maximum Gasteiger partial charge on any atom is 0.354 e. The van der Waals surface area contributed by atoms with Crippen molar-refractivity contribution in [2.45, 2.75) is 0 Å². The summed E-state index contributed by atoms with van der Waals surface area (Å²) in [4.78, 5) is 22.5. The number of rotatable bonds is 2. The number of aromatic carboxylic acids is 1. The van der Waals surface area contributed by atoms with Gasteiger partial charge in [-0.15, -0.1) is 12.4 Å². The first kappa shape index (κ1) is 18.4. The molecule has 2 aromatic rings. The number of pyridine rings is 1. The van der Waals surface area contributed by atoms with Gasteiger partial charge in [-0.3, -0.25) is 0 Å². The Morgan fingerprint density at radius 1 is 1.05 bits per heavy atom. The zero-order chi connectivity index (χ0) is 14.4. The predicted molar refractivity (Wildman–Crippen MR) is 81.0 cm³/mol. The molecule has 2 rings (SSSR count). The van der Waals surface area contributed by atoms with Gasteiger partial charge in [0.05, 0.1) is 10.0 Å². The SMILES string of the molecule is C=O.Cl.O=C(O)c1cc(-c2ccc(Cl)c(Cl)c2)ccn1. The van der Waals surface area contributed by atoms with Crippen LogP contribution in [-0.4, -0.2) is 22.8 Å². The normalized spacial score (nSPS) is 8.90. The molecule has 7 heteroatoms. The number of carboxylic acids is 1. The van der Waals surface area contributed by atoms with Gasteiger partial charge in [0, 0.05) is 6.20 Å². The Labute approximate surface area is 131 Å². The van der Waals surface area contributed by atoms with Gasteiger partial charge in [-0.1, -0.05) is 29.3 Å². The summed E-state index contributed by atoms with van der Waals surface area (Å²) in [5.41, 5.74) is 1.52. The monoisotopic (exact) mass is 333 g/mol. The Morgan fingerprint density at radius 2 is 1.65 bits per heavy atom. The maximum atomic E-state index is 10.8. The summed E-state index contributed by atoms with van der Waals surface area (Å²) >= 11 is 11.7. The van der Waals surface area contributed by atoms with Crippen LogP contribution >= 0.6 is 35.6 Å². The van der Waals surface area contributed by atoms with Crippen LogP contribution in [0.15, 0.2) is 36.5 Å². The highest BCUT2D eigenvalue weighted by Crippen LogP contribution is 2.28. The van der Waals surface area contributed by atoms with Crippen molar-refractivity contribution in [3.8, 4) is 11.1 Å². The second kappa shape index (κ2) is 8.53. The van der Waals surface area contributed by atoms with E-state index in [1.54, 1.807) is 24.3 Å². The minimum atomic E-state index is -1.06. The summed E-state index contributed by atoms with van der Waals surface area (Å²) in [6.07, 6.45) is 1.45. The van der Waals surface area contributed by atoms with E-state index in [-0.39, 0.29) is 18.1 Å². The molecule has 0 saturated heterocycles. The number of aromatic nitrogens is 1. The highest BCUT2D eigenvalue weighted by Gasteiger charge is 2.07. The highest BCUT2D eigenvalue weighted by atomic mass is 35.5. The van der Waals surface area contributed by atoms with Gasteiger partial charge in [-0.2, -0.15) is 0 Å². The van der Waals surface area contributed by atoms with Crippen molar-refractivity contribution >= 4 is 48.4 Å². The third kappa shape index (κ3) is 4.49. The van der Waals surface area contributed by atoms with Crippen molar-refractivity contribution < 1.29 is 14.7 Å². The summed E-state index contributed by atoms with van der Waals surface area (Å²) in [6.45, 7) is 2.00. The van der Waals surface area contributed by atoms with Crippen LogP contribution in [0.2, 0.25) is 10.0 Å². The Morgan fingerprint density at radius 3 is 2.20 bits per heavy atom. The first-order valence-corrected chi connectivity index (χ1v) is 5.77.